The lowest BCUT2D eigenvalue weighted by molar-refractivity contribution is -0.0623. The standard InChI is InChI=1S/C15H24N4/c1-16-8-14-18-17-10-19(14)9-15-5-11-2-12(6-15)4-13(3-11)7-15/h10-13,16H,2-9H2,1H3. The molecule has 5 rings (SSSR count). The van der Waals surface area contributed by atoms with E-state index in [1.807, 2.05) is 13.4 Å². The van der Waals surface area contributed by atoms with Crippen LogP contribution < -0.4 is 5.32 Å². The van der Waals surface area contributed by atoms with E-state index >= 15 is 0 Å². The Hall–Kier alpha value is -0.900. The van der Waals surface area contributed by atoms with Crippen LogP contribution >= 0.6 is 0 Å². The zero-order valence-electron chi connectivity index (χ0n) is 11.8. The summed E-state index contributed by atoms with van der Waals surface area (Å²) in [7, 11) is 1.98. The summed E-state index contributed by atoms with van der Waals surface area (Å²) in [6.07, 6.45) is 10.9. The molecule has 19 heavy (non-hydrogen) atoms. The van der Waals surface area contributed by atoms with E-state index in [4.69, 9.17) is 0 Å². The molecule has 1 heterocycles. The van der Waals surface area contributed by atoms with Crippen LogP contribution in [-0.2, 0) is 13.1 Å². The number of nitrogens with one attached hydrogen (secondary N) is 1. The van der Waals surface area contributed by atoms with Crippen molar-refractivity contribution in [1.82, 2.24) is 20.1 Å². The van der Waals surface area contributed by atoms with E-state index in [0.29, 0.717) is 5.41 Å². The Morgan fingerprint density at radius 3 is 2.42 bits per heavy atom. The van der Waals surface area contributed by atoms with Gasteiger partial charge in [-0.2, -0.15) is 0 Å². The fourth-order valence-electron chi connectivity index (χ4n) is 5.55. The highest BCUT2D eigenvalue weighted by molar-refractivity contribution is 5.02. The van der Waals surface area contributed by atoms with Crippen molar-refractivity contribution in [3.63, 3.8) is 0 Å². The normalized spacial score (nSPS) is 39.9. The molecule has 0 unspecified atom stereocenters. The zero-order valence-corrected chi connectivity index (χ0v) is 11.8. The van der Waals surface area contributed by atoms with Gasteiger partial charge in [0.05, 0.1) is 6.54 Å². The van der Waals surface area contributed by atoms with E-state index in [2.05, 4.69) is 20.1 Å². The van der Waals surface area contributed by atoms with Crippen LogP contribution in [0, 0.1) is 23.2 Å². The van der Waals surface area contributed by atoms with Crippen LogP contribution in [0.2, 0.25) is 0 Å². The van der Waals surface area contributed by atoms with Gasteiger partial charge in [-0.1, -0.05) is 0 Å². The van der Waals surface area contributed by atoms with Crippen LogP contribution in [0.15, 0.2) is 6.33 Å². The maximum atomic E-state index is 4.25. The second-order valence-electron chi connectivity index (χ2n) is 7.32. The molecule has 0 aliphatic heterocycles. The van der Waals surface area contributed by atoms with Gasteiger partial charge >= 0.3 is 0 Å². The molecule has 4 aliphatic carbocycles. The van der Waals surface area contributed by atoms with Gasteiger partial charge in [-0.15, -0.1) is 10.2 Å². The van der Waals surface area contributed by atoms with Gasteiger partial charge in [-0.05, 0) is 68.7 Å². The molecule has 1 aromatic heterocycles. The highest BCUT2D eigenvalue weighted by Gasteiger charge is 2.50. The third-order valence-corrected chi connectivity index (χ3v) is 5.70. The van der Waals surface area contributed by atoms with E-state index in [0.717, 1.165) is 36.7 Å². The molecule has 0 saturated heterocycles. The summed E-state index contributed by atoms with van der Waals surface area (Å²) in [5.41, 5.74) is 0.569. The zero-order chi connectivity index (χ0) is 12.9. The monoisotopic (exact) mass is 260 g/mol. The molecule has 4 heteroatoms. The first-order valence-corrected chi connectivity index (χ1v) is 7.78. The van der Waals surface area contributed by atoms with Gasteiger partial charge in [0.2, 0.25) is 0 Å². The van der Waals surface area contributed by atoms with Crippen LogP contribution in [0.4, 0.5) is 0 Å². The van der Waals surface area contributed by atoms with Gasteiger partial charge in [0, 0.05) is 6.54 Å². The van der Waals surface area contributed by atoms with Gasteiger partial charge in [-0.25, -0.2) is 0 Å². The van der Waals surface area contributed by atoms with Crippen LogP contribution in [0.25, 0.3) is 0 Å². The van der Waals surface area contributed by atoms with E-state index in [1.165, 1.54) is 38.5 Å². The second kappa shape index (κ2) is 4.30. The van der Waals surface area contributed by atoms with Crippen molar-refractivity contribution in [3.8, 4) is 0 Å². The number of hydrogen-bond donors (Lipinski definition) is 1. The van der Waals surface area contributed by atoms with Crippen molar-refractivity contribution in [1.29, 1.82) is 0 Å². The lowest BCUT2D eigenvalue weighted by Crippen LogP contribution is -2.48. The topological polar surface area (TPSA) is 42.7 Å². The molecule has 4 saturated carbocycles. The molecule has 0 amide bonds. The van der Waals surface area contributed by atoms with Crippen LogP contribution in [0.3, 0.4) is 0 Å². The minimum Gasteiger partial charge on any atom is -0.316 e. The number of hydrogen-bond acceptors (Lipinski definition) is 3. The molecule has 1 aromatic rings. The van der Waals surface area contributed by atoms with Crippen molar-refractivity contribution >= 4 is 0 Å². The molecule has 4 aliphatic rings. The van der Waals surface area contributed by atoms with Crippen molar-refractivity contribution in [2.24, 2.45) is 23.2 Å². The Labute approximate surface area is 115 Å². The molecule has 0 atom stereocenters. The van der Waals surface area contributed by atoms with Crippen LogP contribution in [0.5, 0.6) is 0 Å². The lowest BCUT2D eigenvalue weighted by Gasteiger charge is -2.57. The van der Waals surface area contributed by atoms with E-state index in [-0.39, 0.29) is 0 Å². The van der Waals surface area contributed by atoms with E-state index < -0.39 is 0 Å². The Morgan fingerprint density at radius 1 is 1.21 bits per heavy atom. The minimum atomic E-state index is 0.569. The summed E-state index contributed by atoms with van der Waals surface area (Å²) >= 11 is 0. The smallest absolute Gasteiger partial charge is 0.146 e. The van der Waals surface area contributed by atoms with Gasteiger partial charge in [0.1, 0.15) is 12.2 Å². The summed E-state index contributed by atoms with van der Waals surface area (Å²) in [6.45, 7) is 1.98. The summed E-state index contributed by atoms with van der Waals surface area (Å²) in [6, 6.07) is 0. The first-order valence-electron chi connectivity index (χ1n) is 7.78. The van der Waals surface area contributed by atoms with Gasteiger partial charge in [0.25, 0.3) is 0 Å². The molecule has 1 N–H and O–H groups in total. The molecular weight excluding hydrogens is 236 g/mol. The Bertz CT molecular complexity index is 429. The molecule has 4 bridgehead atoms. The average molecular weight is 260 g/mol. The predicted molar refractivity (Wildman–Crippen MR) is 73.4 cm³/mol. The maximum Gasteiger partial charge on any atom is 0.146 e. The summed E-state index contributed by atoms with van der Waals surface area (Å²) in [4.78, 5) is 0. The van der Waals surface area contributed by atoms with Crippen molar-refractivity contribution in [2.75, 3.05) is 7.05 Å². The van der Waals surface area contributed by atoms with Gasteiger partial charge < -0.3 is 9.88 Å². The molecular formula is C15H24N4. The number of rotatable bonds is 4. The fraction of sp³-hybridized carbons (Fsp3) is 0.867. The quantitative estimate of drug-likeness (QED) is 0.902. The van der Waals surface area contributed by atoms with E-state index in [1.54, 1.807) is 0 Å². The highest BCUT2D eigenvalue weighted by Crippen LogP contribution is 2.60. The largest absolute Gasteiger partial charge is 0.316 e. The summed E-state index contributed by atoms with van der Waals surface area (Å²) < 4.78 is 2.31. The second-order valence-corrected chi connectivity index (χ2v) is 7.32. The molecule has 4 fully saturated rings. The van der Waals surface area contributed by atoms with Gasteiger partial charge in [-0.3, -0.25) is 0 Å². The van der Waals surface area contributed by atoms with Crippen molar-refractivity contribution in [3.05, 3.63) is 12.2 Å². The Balaban J connectivity index is 1.57. The number of nitrogens with zero attached hydrogens (tertiary/aromatic N) is 3. The molecule has 4 nitrogen and oxygen atoms in total. The first-order chi connectivity index (χ1) is 9.26. The Morgan fingerprint density at radius 2 is 1.84 bits per heavy atom. The third kappa shape index (κ3) is 2.00. The van der Waals surface area contributed by atoms with E-state index in [9.17, 15) is 0 Å². The summed E-state index contributed by atoms with van der Waals surface area (Å²) in [5, 5.41) is 11.6. The number of aromatic nitrogens is 3. The minimum absolute atomic E-state index is 0.569. The first kappa shape index (κ1) is 11.9. The summed E-state index contributed by atoms with van der Waals surface area (Å²) in [5.74, 6) is 4.17. The Kier molecular flexibility index (Phi) is 2.69. The van der Waals surface area contributed by atoms with Crippen LogP contribution in [-0.4, -0.2) is 21.8 Å². The van der Waals surface area contributed by atoms with Gasteiger partial charge in [0.15, 0.2) is 0 Å². The SMILES string of the molecule is CNCc1nncn1CC12CC3CC(CC(C3)C1)C2. The molecule has 0 spiro atoms. The fourth-order valence-corrected chi connectivity index (χ4v) is 5.55. The lowest BCUT2D eigenvalue weighted by atomic mass is 9.49. The van der Waals surface area contributed by atoms with Crippen LogP contribution in [0.1, 0.15) is 44.3 Å². The third-order valence-electron chi connectivity index (χ3n) is 5.70. The van der Waals surface area contributed by atoms with Crippen molar-refractivity contribution < 1.29 is 0 Å². The van der Waals surface area contributed by atoms with Crippen molar-refractivity contribution in [2.45, 2.75) is 51.6 Å². The molecule has 0 radical (unpaired) electrons. The average Bonchev–Trinajstić information content (AvgIpc) is 2.74. The molecule has 104 valence electrons. The highest BCUT2D eigenvalue weighted by atomic mass is 15.3. The maximum absolute atomic E-state index is 4.25. The predicted octanol–water partition coefficient (Wildman–Crippen LogP) is 2.21. The molecule has 0 aromatic carbocycles.